The molecule has 0 spiro atoms. The minimum absolute atomic E-state index is 0.0277. The molecule has 4 rings (SSSR count). The van der Waals surface area contributed by atoms with Crippen LogP contribution < -0.4 is 15.6 Å². The summed E-state index contributed by atoms with van der Waals surface area (Å²) < 4.78 is 22.7. The SMILES string of the molecule is COC(CNNC(=O)[C@@]1(Cc2ccccc2CN=[N+]=[N-])N=C(c2ccc(OCCCO)cc2)O[C@H]1c1ccc(Cl)cc1Cl)OC. The molecule has 1 amide bonds. The Kier molecular flexibility index (Phi) is 12.4. The van der Waals surface area contributed by atoms with E-state index in [2.05, 4.69) is 20.9 Å². The van der Waals surface area contributed by atoms with E-state index in [1.807, 2.05) is 24.3 Å². The number of aliphatic hydroxyl groups is 1. The molecule has 45 heavy (non-hydrogen) atoms. The van der Waals surface area contributed by atoms with Gasteiger partial charge in [-0.25, -0.2) is 10.4 Å². The van der Waals surface area contributed by atoms with E-state index in [4.69, 9.17) is 57.8 Å². The maximum absolute atomic E-state index is 14.4. The van der Waals surface area contributed by atoms with E-state index in [0.29, 0.717) is 39.9 Å². The van der Waals surface area contributed by atoms with Crippen LogP contribution in [-0.4, -0.2) is 62.7 Å². The van der Waals surface area contributed by atoms with Crippen LogP contribution in [0.5, 0.6) is 5.75 Å². The number of nitrogens with zero attached hydrogens (tertiary/aromatic N) is 4. The van der Waals surface area contributed by atoms with Crippen molar-refractivity contribution in [2.24, 2.45) is 10.1 Å². The van der Waals surface area contributed by atoms with Crippen LogP contribution in [0.25, 0.3) is 10.4 Å². The van der Waals surface area contributed by atoms with Crippen LogP contribution in [0.2, 0.25) is 10.0 Å². The fourth-order valence-corrected chi connectivity index (χ4v) is 5.35. The summed E-state index contributed by atoms with van der Waals surface area (Å²) in [5, 5.41) is 13.5. The predicted octanol–water partition coefficient (Wildman–Crippen LogP) is 5.30. The first-order valence-corrected chi connectivity index (χ1v) is 14.8. The minimum atomic E-state index is -1.60. The number of aliphatic imine (C=N–C) groups is 1. The number of carbonyl (C=O) groups excluding carboxylic acids is 1. The Balaban J connectivity index is 1.82. The molecule has 1 aliphatic heterocycles. The number of carbonyl (C=O) groups is 1. The number of methoxy groups -OCH3 is 2. The molecule has 3 N–H and O–H groups in total. The molecular weight excluding hydrogens is 623 g/mol. The zero-order chi connectivity index (χ0) is 32.2. The smallest absolute Gasteiger partial charge is 0.266 e. The summed E-state index contributed by atoms with van der Waals surface area (Å²) in [6.07, 6.45) is -1.05. The zero-order valence-electron chi connectivity index (χ0n) is 24.8. The fraction of sp³-hybridized carbons (Fsp3) is 0.355. The summed E-state index contributed by atoms with van der Waals surface area (Å²) in [5.41, 5.74) is 15.6. The lowest BCUT2D eigenvalue weighted by Crippen LogP contribution is -2.55. The van der Waals surface area contributed by atoms with Gasteiger partial charge in [-0.05, 0) is 53.1 Å². The van der Waals surface area contributed by atoms with Crippen molar-refractivity contribution in [2.45, 2.75) is 37.3 Å². The second-order valence-electron chi connectivity index (χ2n) is 10.0. The fourth-order valence-electron chi connectivity index (χ4n) is 4.84. The summed E-state index contributed by atoms with van der Waals surface area (Å²) >= 11 is 13.0. The highest BCUT2D eigenvalue weighted by atomic mass is 35.5. The lowest BCUT2D eigenvalue weighted by Gasteiger charge is -2.32. The lowest BCUT2D eigenvalue weighted by atomic mass is 9.81. The van der Waals surface area contributed by atoms with Gasteiger partial charge in [-0.2, -0.15) is 0 Å². The molecule has 0 radical (unpaired) electrons. The Labute approximate surface area is 270 Å². The second kappa shape index (κ2) is 16.4. The van der Waals surface area contributed by atoms with E-state index < -0.39 is 23.8 Å². The van der Waals surface area contributed by atoms with Crippen LogP contribution in [0.4, 0.5) is 0 Å². The van der Waals surface area contributed by atoms with Crippen molar-refractivity contribution in [3.8, 4) is 5.75 Å². The van der Waals surface area contributed by atoms with E-state index in [9.17, 15) is 4.79 Å². The molecule has 0 bridgehead atoms. The molecule has 0 aliphatic carbocycles. The van der Waals surface area contributed by atoms with E-state index in [-0.39, 0.29) is 32.0 Å². The van der Waals surface area contributed by atoms with Gasteiger partial charge >= 0.3 is 0 Å². The highest BCUT2D eigenvalue weighted by molar-refractivity contribution is 6.35. The summed E-state index contributed by atoms with van der Waals surface area (Å²) in [6.45, 7) is 0.611. The zero-order valence-corrected chi connectivity index (χ0v) is 26.3. The van der Waals surface area contributed by atoms with Crippen molar-refractivity contribution in [3.63, 3.8) is 0 Å². The largest absolute Gasteiger partial charge is 0.494 e. The Morgan fingerprint density at radius 1 is 1.13 bits per heavy atom. The monoisotopic (exact) mass is 656 g/mol. The standard InChI is InChI=1S/C31H34Cl2N6O6/c1-42-27(43-2)19-35-38-30(41)31(17-21-6-3-4-7-22(21)18-36-39-34)28(25-13-10-23(32)16-26(25)33)45-29(37-31)20-8-11-24(12-9-20)44-15-5-14-40/h3-4,6-13,16,27-28,35,40H,5,14-15,17-19H2,1-2H3,(H,38,41)/t28-,31-/m0/s1. The molecule has 3 aromatic carbocycles. The Morgan fingerprint density at radius 3 is 2.53 bits per heavy atom. The average Bonchev–Trinajstić information content (AvgIpc) is 3.43. The van der Waals surface area contributed by atoms with E-state index in [1.165, 1.54) is 14.2 Å². The number of amides is 1. The molecule has 1 aliphatic rings. The second-order valence-corrected chi connectivity index (χ2v) is 10.9. The third-order valence-corrected chi connectivity index (χ3v) is 7.72. The van der Waals surface area contributed by atoms with Crippen molar-refractivity contribution >= 4 is 35.0 Å². The van der Waals surface area contributed by atoms with Gasteiger partial charge in [0, 0.05) is 59.8 Å². The van der Waals surface area contributed by atoms with E-state index >= 15 is 0 Å². The topological polar surface area (TPSA) is 159 Å². The van der Waals surface area contributed by atoms with E-state index in [0.717, 1.165) is 11.1 Å². The number of hydrogen-bond acceptors (Lipinski definition) is 9. The number of azide groups is 1. The number of ether oxygens (including phenoxy) is 4. The molecule has 0 fully saturated rings. The van der Waals surface area contributed by atoms with Crippen molar-refractivity contribution in [1.29, 1.82) is 0 Å². The first-order valence-electron chi connectivity index (χ1n) is 14.1. The summed E-state index contributed by atoms with van der Waals surface area (Å²) in [5.74, 6) is 0.304. The van der Waals surface area contributed by atoms with Gasteiger partial charge in [-0.3, -0.25) is 10.2 Å². The quantitative estimate of drug-likeness (QED) is 0.0471. The van der Waals surface area contributed by atoms with Crippen molar-refractivity contribution in [2.75, 3.05) is 34.0 Å². The number of halogens is 2. The predicted molar refractivity (Wildman–Crippen MR) is 170 cm³/mol. The van der Waals surface area contributed by atoms with Gasteiger partial charge in [0.25, 0.3) is 5.91 Å². The third-order valence-electron chi connectivity index (χ3n) is 7.15. The van der Waals surface area contributed by atoms with Gasteiger partial charge in [0.2, 0.25) is 5.90 Å². The number of nitrogens with one attached hydrogen (secondary N) is 2. The molecule has 0 saturated heterocycles. The Morgan fingerprint density at radius 2 is 1.87 bits per heavy atom. The normalized spacial score (nSPS) is 17.4. The summed E-state index contributed by atoms with van der Waals surface area (Å²) in [7, 11) is 2.98. The van der Waals surface area contributed by atoms with Crippen LogP contribution in [0.1, 0.15) is 34.8 Å². The van der Waals surface area contributed by atoms with Gasteiger partial charge in [-0.1, -0.05) is 58.6 Å². The maximum atomic E-state index is 14.4. The van der Waals surface area contributed by atoms with Crippen LogP contribution in [0.3, 0.4) is 0 Å². The first-order chi connectivity index (χ1) is 21.8. The molecule has 0 saturated carbocycles. The first kappa shape index (κ1) is 34.0. The molecule has 3 aromatic rings. The summed E-state index contributed by atoms with van der Waals surface area (Å²) in [4.78, 5) is 22.2. The van der Waals surface area contributed by atoms with Crippen LogP contribution in [0, 0.1) is 0 Å². The molecule has 2 atom stereocenters. The van der Waals surface area contributed by atoms with Crippen LogP contribution in [0.15, 0.2) is 76.8 Å². The third kappa shape index (κ3) is 8.44. The number of hydrazine groups is 1. The molecule has 1 heterocycles. The van der Waals surface area contributed by atoms with Crippen molar-refractivity contribution in [3.05, 3.63) is 109 Å². The van der Waals surface area contributed by atoms with Gasteiger partial charge in [-0.15, -0.1) is 0 Å². The Bertz CT molecular complexity index is 1530. The minimum Gasteiger partial charge on any atom is -0.494 e. The summed E-state index contributed by atoms with van der Waals surface area (Å²) in [6, 6.07) is 19.4. The molecule has 12 nitrogen and oxygen atoms in total. The number of hydrogen-bond donors (Lipinski definition) is 3. The number of rotatable bonds is 16. The Hall–Kier alpha value is -3.87. The van der Waals surface area contributed by atoms with Crippen molar-refractivity contribution < 1.29 is 28.8 Å². The highest BCUT2D eigenvalue weighted by Gasteiger charge is 2.54. The van der Waals surface area contributed by atoms with Gasteiger partial charge < -0.3 is 24.1 Å². The molecule has 14 heteroatoms. The van der Waals surface area contributed by atoms with E-state index in [1.54, 1.807) is 42.5 Å². The number of aliphatic hydroxyl groups excluding tert-OH is 1. The van der Waals surface area contributed by atoms with Crippen LogP contribution >= 0.6 is 23.2 Å². The maximum Gasteiger partial charge on any atom is 0.266 e. The molecule has 0 unspecified atom stereocenters. The lowest BCUT2D eigenvalue weighted by molar-refractivity contribution is -0.131. The van der Waals surface area contributed by atoms with Gasteiger partial charge in [0.1, 0.15) is 5.75 Å². The van der Waals surface area contributed by atoms with Gasteiger partial charge in [0.05, 0.1) is 19.7 Å². The molecule has 0 aromatic heterocycles. The molecular formula is C31H34Cl2N6O6. The van der Waals surface area contributed by atoms with Gasteiger partial charge in [0.15, 0.2) is 17.9 Å². The highest BCUT2D eigenvalue weighted by Crippen LogP contribution is 2.45. The van der Waals surface area contributed by atoms with Crippen LogP contribution in [-0.2, 0) is 32.0 Å². The molecule has 238 valence electrons. The average molecular weight is 658 g/mol. The number of benzene rings is 3. The van der Waals surface area contributed by atoms with Crippen molar-refractivity contribution in [1.82, 2.24) is 10.9 Å².